The minimum absolute atomic E-state index is 0.760. The fraction of sp³-hybridized carbons (Fsp3) is 0.500. The Morgan fingerprint density at radius 2 is 2.33 bits per heavy atom. The van der Waals surface area contributed by atoms with Crippen LogP contribution < -0.4 is 0 Å². The van der Waals surface area contributed by atoms with Gasteiger partial charge in [-0.3, -0.25) is 0 Å². The minimum Gasteiger partial charge on any atom is -0.0931 e. The van der Waals surface area contributed by atoms with E-state index in [0.717, 1.165) is 12.2 Å². The highest BCUT2D eigenvalue weighted by atomic mass is 127. The van der Waals surface area contributed by atoms with Crippen LogP contribution in [0.15, 0.2) is 0 Å². The normalized spacial score (nSPS) is 6.33. The molecule has 0 aromatic carbocycles. The van der Waals surface area contributed by atoms with Crippen LogP contribution in [0.5, 0.6) is 0 Å². The minimum atomic E-state index is 0.760. The molecule has 0 saturated carbocycles. The molecule has 0 spiro atoms. The highest BCUT2D eigenvalue weighted by molar-refractivity contribution is 14.1. The third kappa shape index (κ3) is 4.64. The van der Waals surface area contributed by atoms with Gasteiger partial charge in [0.15, 0.2) is 0 Å². The van der Waals surface area contributed by atoms with Crippen LogP contribution in [0.3, 0.4) is 0 Å². The Morgan fingerprint density at radius 1 is 1.67 bits per heavy atom. The summed E-state index contributed by atoms with van der Waals surface area (Å²) in [6.45, 7) is 0. The van der Waals surface area contributed by atoms with Crippen LogP contribution in [-0.2, 0) is 0 Å². The zero-order valence-electron chi connectivity index (χ0n) is 3.20. The van der Waals surface area contributed by atoms with E-state index in [-0.39, 0.29) is 0 Å². The lowest BCUT2D eigenvalue weighted by Crippen LogP contribution is -1.62. The molecule has 0 rings (SSSR count). The summed E-state index contributed by atoms with van der Waals surface area (Å²) in [6.07, 6.45) is 0.859. The Kier molecular flexibility index (Phi) is 6.24. The molecule has 0 bridgehead atoms. The summed E-state index contributed by atoms with van der Waals surface area (Å²) >= 11 is 6.61. The maximum Gasteiger partial charge on any atom is 0.0196 e. The molecule has 0 nitrogen and oxygen atoms in total. The van der Waals surface area contributed by atoms with Crippen molar-refractivity contribution in [1.82, 2.24) is 0 Å². The second kappa shape index (κ2) is 5.64. The number of hydrogen-bond donors (Lipinski definition) is 0. The molecule has 0 aliphatic rings. The highest BCUT2D eigenvalue weighted by Gasteiger charge is 1.66. The molecule has 0 amide bonds. The quantitative estimate of drug-likeness (QED) is 0.459. The summed E-state index contributed by atoms with van der Waals surface area (Å²) in [5, 5.41) is 0. The van der Waals surface area contributed by atoms with Crippen molar-refractivity contribution < 1.29 is 0 Å². The van der Waals surface area contributed by atoms with Crippen molar-refractivity contribution in [1.29, 1.82) is 0 Å². The molecule has 0 unspecified atom stereocenters. The standard InChI is InChI=1S/C4H4IS/c5-3-1-2-4-6/h2,4H2. The highest BCUT2D eigenvalue weighted by Crippen LogP contribution is 1.80. The Morgan fingerprint density at radius 3 is 2.50 bits per heavy atom. The summed E-state index contributed by atoms with van der Waals surface area (Å²) in [5.41, 5.74) is 0. The molecule has 0 aliphatic carbocycles. The fourth-order valence-corrected chi connectivity index (χ4v) is 0.470. The summed E-state index contributed by atoms with van der Waals surface area (Å²) < 4.78 is 2.72. The molecule has 33 valence electrons. The van der Waals surface area contributed by atoms with Crippen LogP contribution in [0.2, 0.25) is 0 Å². The topological polar surface area (TPSA) is 0 Å². The maximum absolute atomic E-state index is 4.61. The smallest absolute Gasteiger partial charge is 0.0196 e. The fourth-order valence-electron chi connectivity index (χ4n) is 0.0983. The molecule has 6 heavy (non-hydrogen) atoms. The molecule has 2 heteroatoms. The molecular weight excluding hydrogens is 207 g/mol. The number of hydrogen-bond acceptors (Lipinski definition) is 0. The predicted molar refractivity (Wildman–Crippen MR) is 38.9 cm³/mol. The average molecular weight is 211 g/mol. The first-order valence-corrected chi connectivity index (χ1v) is 3.24. The van der Waals surface area contributed by atoms with E-state index in [4.69, 9.17) is 0 Å². The van der Waals surface area contributed by atoms with Gasteiger partial charge in [-0.05, 0) is 3.93 Å². The van der Waals surface area contributed by atoms with Crippen molar-refractivity contribution >= 4 is 35.2 Å². The van der Waals surface area contributed by atoms with Gasteiger partial charge in [-0.1, -0.05) is 18.5 Å². The molecule has 0 aromatic rings. The average Bonchev–Trinajstić information content (AvgIpc) is 1.61. The van der Waals surface area contributed by atoms with Crippen molar-refractivity contribution in [2.24, 2.45) is 0 Å². The first kappa shape index (κ1) is 6.64. The zero-order valence-corrected chi connectivity index (χ0v) is 6.17. The van der Waals surface area contributed by atoms with Crippen LogP contribution in [0, 0.1) is 9.85 Å². The van der Waals surface area contributed by atoms with Gasteiger partial charge in [-0.25, -0.2) is 0 Å². The van der Waals surface area contributed by atoms with E-state index in [1.807, 2.05) is 22.6 Å². The van der Waals surface area contributed by atoms with Crippen LogP contribution in [0.4, 0.5) is 0 Å². The Hall–Kier alpha value is 0.640. The van der Waals surface area contributed by atoms with E-state index < -0.39 is 0 Å². The maximum atomic E-state index is 4.61. The summed E-state index contributed by atoms with van der Waals surface area (Å²) in [5.74, 6) is 3.59. The summed E-state index contributed by atoms with van der Waals surface area (Å²) in [6, 6.07) is 0. The van der Waals surface area contributed by atoms with Gasteiger partial charge in [-0.15, -0.1) is 0 Å². The summed E-state index contributed by atoms with van der Waals surface area (Å²) in [4.78, 5) is 0. The van der Waals surface area contributed by atoms with E-state index in [0.29, 0.717) is 0 Å². The summed E-state index contributed by atoms with van der Waals surface area (Å²) in [7, 11) is 0. The molecule has 0 saturated heterocycles. The second-order valence-electron chi connectivity index (χ2n) is 0.725. The van der Waals surface area contributed by atoms with E-state index in [2.05, 4.69) is 22.5 Å². The van der Waals surface area contributed by atoms with Crippen LogP contribution >= 0.6 is 35.2 Å². The molecule has 0 N–H and O–H groups in total. The van der Waals surface area contributed by atoms with Gasteiger partial charge in [0.25, 0.3) is 0 Å². The van der Waals surface area contributed by atoms with Gasteiger partial charge in [0.1, 0.15) is 0 Å². The molecule has 0 fully saturated rings. The molecule has 0 aromatic heterocycles. The Labute approximate surface area is 57.3 Å². The van der Waals surface area contributed by atoms with Gasteiger partial charge < -0.3 is 0 Å². The van der Waals surface area contributed by atoms with Gasteiger partial charge in [0.2, 0.25) is 0 Å². The van der Waals surface area contributed by atoms with Crippen molar-refractivity contribution in [2.75, 3.05) is 5.75 Å². The monoisotopic (exact) mass is 211 g/mol. The Balaban J connectivity index is 2.79. The third-order valence-corrected chi connectivity index (χ3v) is 0.879. The molecule has 0 atom stereocenters. The lowest BCUT2D eigenvalue weighted by Gasteiger charge is -1.69. The van der Waals surface area contributed by atoms with Crippen molar-refractivity contribution in [3.05, 3.63) is 0 Å². The third-order valence-electron chi connectivity index (χ3n) is 0.294. The molecular formula is C4H4IS. The molecule has 0 aliphatic heterocycles. The van der Waals surface area contributed by atoms with E-state index in [1.165, 1.54) is 0 Å². The van der Waals surface area contributed by atoms with Crippen LogP contribution in [0.1, 0.15) is 6.42 Å². The van der Waals surface area contributed by atoms with E-state index in [9.17, 15) is 0 Å². The first-order chi connectivity index (χ1) is 2.91. The first-order valence-electron chi connectivity index (χ1n) is 1.58. The largest absolute Gasteiger partial charge is 0.0931 e. The van der Waals surface area contributed by atoms with Crippen molar-refractivity contribution in [3.63, 3.8) is 0 Å². The second-order valence-corrected chi connectivity index (χ2v) is 1.67. The van der Waals surface area contributed by atoms with Crippen LogP contribution in [0.25, 0.3) is 0 Å². The predicted octanol–water partition coefficient (Wildman–Crippen LogP) is 1.97. The van der Waals surface area contributed by atoms with Gasteiger partial charge in [-0.2, -0.15) is 0 Å². The molecule has 1 radical (unpaired) electrons. The van der Waals surface area contributed by atoms with Gasteiger partial charge >= 0.3 is 0 Å². The number of rotatable bonds is 1. The lowest BCUT2D eigenvalue weighted by atomic mass is 10.5. The zero-order chi connectivity index (χ0) is 4.83. The Bertz CT molecular complexity index is 69.4. The number of halogens is 1. The van der Waals surface area contributed by atoms with Gasteiger partial charge in [0, 0.05) is 34.8 Å². The van der Waals surface area contributed by atoms with Crippen molar-refractivity contribution in [3.8, 4) is 9.85 Å². The SMILES string of the molecule is [S]CCC#CI. The lowest BCUT2D eigenvalue weighted by molar-refractivity contribution is 1.31. The van der Waals surface area contributed by atoms with Crippen LogP contribution in [-0.4, -0.2) is 5.75 Å². The molecule has 0 heterocycles. The van der Waals surface area contributed by atoms with Crippen molar-refractivity contribution in [2.45, 2.75) is 6.42 Å². The van der Waals surface area contributed by atoms with E-state index in [1.54, 1.807) is 0 Å². The van der Waals surface area contributed by atoms with E-state index >= 15 is 0 Å². The van der Waals surface area contributed by atoms with Gasteiger partial charge in [0.05, 0.1) is 0 Å².